The fraction of sp³-hybridized carbons (Fsp3) is 0.0833. The van der Waals surface area contributed by atoms with Crippen LogP contribution in [0, 0.1) is 0 Å². The van der Waals surface area contributed by atoms with Crippen LogP contribution in [-0.2, 0) is 11.3 Å². The van der Waals surface area contributed by atoms with Crippen molar-refractivity contribution in [1.82, 2.24) is 19.4 Å². The first-order valence-electron chi connectivity index (χ1n) is 9.83. The molecule has 0 saturated carbocycles. The van der Waals surface area contributed by atoms with E-state index in [0.717, 1.165) is 11.3 Å². The summed E-state index contributed by atoms with van der Waals surface area (Å²) < 4.78 is 1.82. The van der Waals surface area contributed by atoms with Gasteiger partial charge in [-0.05, 0) is 24.3 Å². The zero-order valence-corrected chi connectivity index (χ0v) is 17.7. The standard InChI is InChI=1S/C24H19ClN4O3/c25-18-11-12-19(26-13-18)14-28(16-22(30)31)24(32)21-15-29(20-9-5-2-6-10-20)23(27-21)17-7-3-1-4-8-17/h1-13,15H,14,16H2,(H,30,31). The minimum atomic E-state index is -1.13. The summed E-state index contributed by atoms with van der Waals surface area (Å²) in [6.07, 6.45) is 3.09. The first-order valence-corrected chi connectivity index (χ1v) is 10.2. The number of pyridine rings is 1. The highest BCUT2D eigenvalue weighted by Gasteiger charge is 2.24. The van der Waals surface area contributed by atoms with Gasteiger partial charge in [0.2, 0.25) is 0 Å². The van der Waals surface area contributed by atoms with Crippen molar-refractivity contribution in [3.8, 4) is 17.1 Å². The van der Waals surface area contributed by atoms with Crippen LogP contribution < -0.4 is 0 Å². The zero-order valence-electron chi connectivity index (χ0n) is 16.9. The summed E-state index contributed by atoms with van der Waals surface area (Å²) in [7, 11) is 0. The number of para-hydroxylation sites is 1. The number of aromatic nitrogens is 3. The van der Waals surface area contributed by atoms with Crippen LogP contribution in [-0.4, -0.2) is 43.0 Å². The third-order valence-electron chi connectivity index (χ3n) is 4.75. The number of halogens is 1. The topological polar surface area (TPSA) is 88.3 Å². The van der Waals surface area contributed by atoms with Crippen molar-refractivity contribution in [1.29, 1.82) is 0 Å². The molecule has 0 atom stereocenters. The lowest BCUT2D eigenvalue weighted by molar-refractivity contribution is -0.137. The Morgan fingerprint density at radius 1 is 0.969 bits per heavy atom. The Morgan fingerprint density at radius 3 is 2.28 bits per heavy atom. The monoisotopic (exact) mass is 446 g/mol. The van der Waals surface area contributed by atoms with Crippen LogP contribution in [0.4, 0.5) is 0 Å². The maximum absolute atomic E-state index is 13.3. The van der Waals surface area contributed by atoms with Crippen molar-refractivity contribution >= 4 is 23.5 Å². The van der Waals surface area contributed by atoms with Crippen LogP contribution in [0.15, 0.2) is 85.2 Å². The number of aliphatic carboxylic acids is 1. The molecule has 2 heterocycles. The minimum Gasteiger partial charge on any atom is -0.480 e. The van der Waals surface area contributed by atoms with Crippen molar-refractivity contribution in [3.63, 3.8) is 0 Å². The van der Waals surface area contributed by atoms with Gasteiger partial charge in [-0.3, -0.25) is 19.1 Å². The Hall–Kier alpha value is -3.97. The van der Waals surface area contributed by atoms with E-state index in [1.165, 1.54) is 11.1 Å². The quantitative estimate of drug-likeness (QED) is 0.457. The minimum absolute atomic E-state index is 0.0150. The number of hydrogen-bond acceptors (Lipinski definition) is 4. The molecule has 2 aromatic heterocycles. The average molecular weight is 447 g/mol. The molecular weight excluding hydrogens is 428 g/mol. The normalized spacial score (nSPS) is 10.7. The van der Waals surface area contributed by atoms with E-state index in [1.807, 2.05) is 65.2 Å². The lowest BCUT2D eigenvalue weighted by Crippen LogP contribution is -2.35. The van der Waals surface area contributed by atoms with Crippen molar-refractivity contribution in [2.75, 3.05) is 6.54 Å². The second-order valence-electron chi connectivity index (χ2n) is 7.04. The Labute approximate surface area is 189 Å². The Bertz CT molecular complexity index is 1170. The molecule has 0 aliphatic heterocycles. The zero-order chi connectivity index (χ0) is 22.5. The number of amides is 1. The number of carboxylic acid groups (broad SMARTS) is 1. The van der Waals surface area contributed by atoms with Gasteiger partial charge >= 0.3 is 5.97 Å². The fourth-order valence-electron chi connectivity index (χ4n) is 3.28. The van der Waals surface area contributed by atoms with Crippen LogP contribution in [0.5, 0.6) is 0 Å². The first kappa shape index (κ1) is 21.3. The van der Waals surface area contributed by atoms with Gasteiger partial charge in [-0.1, -0.05) is 60.1 Å². The third kappa shape index (κ3) is 4.84. The number of hydrogen-bond donors (Lipinski definition) is 1. The largest absolute Gasteiger partial charge is 0.480 e. The molecule has 32 heavy (non-hydrogen) atoms. The number of benzene rings is 2. The molecule has 4 rings (SSSR count). The predicted octanol–water partition coefficient (Wildman–Crippen LogP) is 4.31. The van der Waals surface area contributed by atoms with Gasteiger partial charge in [0, 0.05) is 23.6 Å². The molecule has 0 aliphatic carbocycles. The predicted molar refractivity (Wildman–Crippen MR) is 121 cm³/mol. The molecule has 0 bridgehead atoms. The van der Waals surface area contributed by atoms with Gasteiger partial charge < -0.3 is 10.0 Å². The lowest BCUT2D eigenvalue weighted by atomic mass is 10.2. The van der Waals surface area contributed by atoms with E-state index >= 15 is 0 Å². The first-order chi connectivity index (χ1) is 15.5. The SMILES string of the molecule is O=C(O)CN(Cc1ccc(Cl)cn1)C(=O)c1cn(-c2ccccc2)c(-c2ccccc2)n1. The molecule has 160 valence electrons. The highest BCUT2D eigenvalue weighted by molar-refractivity contribution is 6.30. The molecule has 0 unspecified atom stereocenters. The molecule has 4 aromatic rings. The molecule has 0 radical (unpaired) electrons. The van der Waals surface area contributed by atoms with Gasteiger partial charge in [0.05, 0.1) is 17.3 Å². The van der Waals surface area contributed by atoms with E-state index in [2.05, 4.69) is 9.97 Å². The fourth-order valence-corrected chi connectivity index (χ4v) is 3.39. The Balaban J connectivity index is 1.73. The summed E-state index contributed by atoms with van der Waals surface area (Å²) in [5.74, 6) is -1.05. The van der Waals surface area contributed by atoms with Gasteiger partial charge in [-0.25, -0.2) is 4.98 Å². The highest BCUT2D eigenvalue weighted by Crippen LogP contribution is 2.24. The molecule has 0 spiro atoms. The van der Waals surface area contributed by atoms with Crippen molar-refractivity contribution in [2.45, 2.75) is 6.54 Å². The van der Waals surface area contributed by atoms with Gasteiger partial charge in [0.25, 0.3) is 5.91 Å². The van der Waals surface area contributed by atoms with Crippen molar-refractivity contribution in [2.24, 2.45) is 0 Å². The van der Waals surface area contributed by atoms with Crippen LogP contribution in [0.25, 0.3) is 17.1 Å². The molecule has 7 nitrogen and oxygen atoms in total. The average Bonchev–Trinajstić information content (AvgIpc) is 3.26. The van der Waals surface area contributed by atoms with E-state index in [9.17, 15) is 14.7 Å². The summed E-state index contributed by atoms with van der Waals surface area (Å²) in [4.78, 5) is 34.7. The van der Waals surface area contributed by atoms with Crippen LogP contribution >= 0.6 is 11.6 Å². The molecular formula is C24H19ClN4O3. The van der Waals surface area contributed by atoms with Gasteiger partial charge in [-0.2, -0.15) is 0 Å². The number of nitrogens with zero attached hydrogens (tertiary/aromatic N) is 4. The Morgan fingerprint density at radius 2 is 1.66 bits per heavy atom. The Kier molecular flexibility index (Phi) is 6.28. The maximum atomic E-state index is 13.3. The van der Waals surface area contributed by atoms with Crippen LogP contribution in [0.2, 0.25) is 5.02 Å². The number of rotatable bonds is 7. The summed E-state index contributed by atoms with van der Waals surface area (Å²) in [5.41, 5.74) is 2.33. The van der Waals surface area contributed by atoms with E-state index in [-0.39, 0.29) is 12.2 Å². The van der Waals surface area contributed by atoms with E-state index in [0.29, 0.717) is 16.5 Å². The van der Waals surface area contributed by atoms with Gasteiger partial charge in [-0.15, -0.1) is 0 Å². The molecule has 8 heteroatoms. The second kappa shape index (κ2) is 9.45. The van der Waals surface area contributed by atoms with E-state index in [1.54, 1.807) is 18.3 Å². The van der Waals surface area contributed by atoms with Gasteiger partial charge in [0.15, 0.2) is 0 Å². The van der Waals surface area contributed by atoms with Crippen LogP contribution in [0.3, 0.4) is 0 Å². The summed E-state index contributed by atoms with van der Waals surface area (Å²) in [5, 5.41) is 9.81. The molecule has 0 saturated heterocycles. The molecule has 1 N–H and O–H groups in total. The van der Waals surface area contributed by atoms with E-state index < -0.39 is 18.4 Å². The van der Waals surface area contributed by atoms with Crippen LogP contribution in [0.1, 0.15) is 16.2 Å². The van der Waals surface area contributed by atoms with E-state index in [4.69, 9.17) is 11.6 Å². The number of carbonyl (C=O) groups excluding carboxylic acids is 1. The molecule has 0 fully saturated rings. The van der Waals surface area contributed by atoms with Crippen molar-refractivity contribution in [3.05, 3.63) is 102 Å². The number of carbonyl (C=O) groups is 2. The lowest BCUT2D eigenvalue weighted by Gasteiger charge is -2.19. The van der Waals surface area contributed by atoms with Crippen molar-refractivity contribution < 1.29 is 14.7 Å². The summed E-state index contributed by atoms with van der Waals surface area (Å²) >= 11 is 5.88. The third-order valence-corrected chi connectivity index (χ3v) is 4.97. The smallest absolute Gasteiger partial charge is 0.323 e. The van der Waals surface area contributed by atoms with Gasteiger partial charge in [0.1, 0.15) is 18.1 Å². The molecule has 0 aliphatic rings. The summed E-state index contributed by atoms with van der Waals surface area (Å²) in [6.45, 7) is -0.469. The maximum Gasteiger partial charge on any atom is 0.323 e. The number of imidazole rings is 1. The highest BCUT2D eigenvalue weighted by atomic mass is 35.5. The molecule has 1 amide bonds. The second-order valence-corrected chi connectivity index (χ2v) is 7.48. The number of carboxylic acids is 1. The summed E-state index contributed by atoms with van der Waals surface area (Å²) in [6, 6.07) is 22.3. The molecule has 2 aromatic carbocycles.